The van der Waals surface area contributed by atoms with Crippen molar-refractivity contribution in [2.45, 2.75) is 20.3 Å². The third kappa shape index (κ3) is 27.2. The van der Waals surface area contributed by atoms with E-state index in [0.29, 0.717) is 17.8 Å². The minimum atomic E-state index is -0.302. The molecule has 1 amide bonds. The molecule has 6 nitrogen and oxygen atoms in total. The number of esters is 1. The maximum absolute atomic E-state index is 11.1. The lowest BCUT2D eigenvalue weighted by atomic mass is 10.3. The molecule has 0 atom stereocenters. The van der Waals surface area contributed by atoms with Gasteiger partial charge in [0.15, 0.2) is 0 Å². The lowest BCUT2D eigenvalue weighted by molar-refractivity contribution is -0.870. The smallest absolute Gasteiger partial charge is 0.333 e. The van der Waals surface area contributed by atoms with Crippen molar-refractivity contribution in [3.63, 3.8) is 0 Å². The van der Waals surface area contributed by atoms with E-state index >= 15 is 0 Å². The van der Waals surface area contributed by atoms with Crippen molar-refractivity contribution >= 4 is 11.9 Å². The zero-order valence-electron chi connectivity index (χ0n) is 18.3. The quantitative estimate of drug-likeness (QED) is 0.175. The standard InChI is InChI=1S/C10H20N2O.C9H18NO2.2ClH/c1-9(2)10(13)11-7-6-8-12(3,4)5;1-8(2)9(11)12-7-6-10(3,4)5;;/h1,6-8H2,2-5H3;1,6-7H2,2-5H3;2*1H/q;+1;;/p-1. The minimum absolute atomic E-state index is 0. The van der Waals surface area contributed by atoms with Gasteiger partial charge in [-0.1, -0.05) is 13.2 Å². The van der Waals surface area contributed by atoms with Crippen molar-refractivity contribution < 1.29 is 48.1 Å². The maximum Gasteiger partial charge on any atom is 0.333 e. The number of nitrogens with zero attached hydrogens (tertiary/aromatic N) is 2. The summed E-state index contributed by atoms with van der Waals surface area (Å²) >= 11 is 0. The Morgan fingerprint density at radius 2 is 1.30 bits per heavy atom. The fourth-order valence-electron chi connectivity index (χ4n) is 1.44. The zero-order chi connectivity index (χ0) is 20.3. The largest absolute Gasteiger partial charge is 1.00 e. The summed E-state index contributed by atoms with van der Waals surface area (Å²) in [6.45, 7) is 13.5. The summed E-state index contributed by atoms with van der Waals surface area (Å²) in [7, 11) is 12.6. The predicted octanol–water partition coefficient (Wildman–Crippen LogP) is -4.41. The van der Waals surface area contributed by atoms with E-state index in [1.807, 2.05) is 0 Å². The highest BCUT2D eigenvalue weighted by Crippen LogP contribution is 1.95. The number of carbonyl (C=O) groups is 2. The first-order valence-electron chi connectivity index (χ1n) is 8.53. The molecule has 8 heteroatoms. The monoisotopic (exact) mass is 427 g/mol. The molecule has 0 aliphatic carbocycles. The van der Waals surface area contributed by atoms with Crippen molar-refractivity contribution in [1.82, 2.24) is 5.32 Å². The average Bonchev–Trinajstić information content (AvgIpc) is 2.41. The average molecular weight is 428 g/mol. The van der Waals surface area contributed by atoms with Gasteiger partial charge in [0.25, 0.3) is 0 Å². The van der Waals surface area contributed by atoms with Gasteiger partial charge in [-0.3, -0.25) is 4.79 Å². The predicted molar refractivity (Wildman–Crippen MR) is 104 cm³/mol. The van der Waals surface area contributed by atoms with Crippen molar-refractivity contribution in [3.8, 4) is 0 Å². The number of carbonyl (C=O) groups excluding carboxylic acids is 2. The number of quaternary nitrogens is 2. The van der Waals surface area contributed by atoms with E-state index < -0.39 is 0 Å². The van der Waals surface area contributed by atoms with Gasteiger partial charge in [-0.2, -0.15) is 0 Å². The van der Waals surface area contributed by atoms with Gasteiger partial charge in [-0.05, 0) is 13.8 Å². The van der Waals surface area contributed by atoms with Gasteiger partial charge in [0.1, 0.15) is 13.2 Å². The molecule has 1 N–H and O–H groups in total. The molecule has 0 aromatic carbocycles. The Morgan fingerprint density at radius 3 is 1.63 bits per heavy atom. The first-order valence-corrected chi connectivity index (χ1v) is 8.53. The number of nitrogens with one attached hydrogen (secondary N) is 1. The number of ether oxygens (including phenoxy) is 1. The number of amides is 1. The first-order chi connectivity index (χ1) is 11.2. The van der Waals surface area contributed by atoms with Gasteiger partial charge in [0.05, 0.1) is 48.8 Å². The second-order valence-electron chi connectivity index (χ2n) is 8.33. The topological polar surface area (TPSA) is 55.4 Å². The lowest BCUT2D eigenvalue weighted by Gasteiger charge is -2.23. The number of halogens is 2. The third-order valence-corrected chi connectivity index (χ3v) is 3.02. The van der Waals surface area contributed by atoms with Gasteiger partial charge >= 0.3 is 5.97 Å². The molecule has 27 heavy (non-hydrogen) atoms. The molecule has 0 heterocycles. The SMILES string of the molecule is C=C(C)C(=O)NCCC[N+](C)(C)C.C=C(C)C(=O)OCC[N+](C)(C)C.[Cl-].[Cl-]. The molecule has 0 unspecified atom stereocenters. The number of hydrogen-bond donors (Lipinski definition) is 1. The molecule has 0 aromatic heterocycles. The first kappa shape index (κ1) is 33.5. The van der Waals surface area contributed by atoms with Crippen LogP contribution in [0.15, 0.2) is 24.3 Å². The summed E-state index contributed by atoms with van der Waals surface area (Å²) in [4.78, 5) is 22.0. The van der Waals surface area contributed by atoms with Crippen LogP contribution in [0.4, 0.5) is 0 Å². The number of rotatable bonds is 9. The number of hydrogen-bond acceptors (Lipinski definition) is 3. The molecule has 0 aliphatic rings. The summed E-state index contributed by atoms with van der Waals surface area (Å²) in [5.74, 6) is -0.343. The van der Waals surface area contributed by atoms with E-state index in [-0.39, 0.29) is 36.7 Å². The second kappa shape index (κ2) is 15.9. The van der Waals surface area contributed by atoms with Gasteiger partial charge < -0.3 is 43.8 Å². The van der Waals surface area contributed by atoms with E-state index in [4.69, 9.17) is 4.74 Å². The molecule has 0 bridgehead atoms. The Hall–Kier alpha value is -1.08. The van der Waals surface area contributed by atoms with E-state index in [0.717, 1.165) is 35.0 Å². The van der Waals surface area contributed by atoms with Crippen molar-refractivity contribution in [1.29, 1.82) is 0 Å². The summed E-state index contributed by atoms with van der Waals surface area (Å²) in [6, 6.07) is 0. The molecule has 0 aromatic rings. The summed E-state index contributed by atoms with van der Waals surface area (Å²) < 4.78 is 6.65. The molecule has 0 aliphatic heterocycles. The minimum Gasteiger partial charge on any atom is -1.00 e. The van der Waals surface area contributed by atoms with Crippen LogP contribution >= 0.6 is 0 Å². The Balaban J connectivity index is -0.000000183. The fraction of sp³-hybridized carbons (Fsp3) is 0.684. The molecule has 0 saturated carbocycles. The van der Waals surface area contributed by atoms with Crippen molar-refractivity contribution in [2.75, 3.05) is 68.5 Å². The molecule has 162 valence electrons. The molecule has 0 saturated heterocycles. The Kier molecular flexibility index (Phi) is 19.8. The van der Waals surface area contributed by atoms with Crippen LogP contribution in [0, 0.1) is 0 Å². The van der Waals surface area contributed by atoms with Gasteiger partial charge in [-0.25, -0.2) is 4.79 Å². The molecular weight excluding hydrogens is 389 g/mol. The van der Waals surface area contributed by atoms with E-state index in [1.54, 1.807) is 13.8 Å². The van der Waals surface area contributed by atoms with Crippen LogP contribution in [-0.4, -0.2) is 89.4 Å². The summed E-state index contributed by atoms with van der Waals surface area (Å²) in [6.07, 6.45) is 1.00. The zero-order valence-corrected chi connectivity index (χ0v) is 19.8. The molecule has 0 rings (SSSR count). The fourth-order valence-corrected chi connectivity index (χ4v) is 1.44. The van der Waals surface area contributed by atoms with Gasteiger partial charge in [-0.15, -0.1) is 0 Å². The molecule has 0 fully saturated rings. The van der Waals surface area contributed by atoms with Crippen LogP contribution < -0.4 is 30.1 Å². The Morgan fingerprint density at radius 1 is 0.852 bits per heavy atom. The highest BCUT2D eigenvalue weighted by molar-refractivity contribution is 5.92. The van der Waals surface area contributed by atoms with Crippen LogP contribution in [0.25, 0.3) is 0 Å². The van der Waals surface area contributed by atoms with Gasteiger partial charge in [0, 0.05) is 24.1 Å². The highest BCUT2D eigenvalue weighted by Gasteiger charge is 2.09. The van der Waals surface area contributed by atoms with Crippen LogP contribution in [0.2, 0.25) is 0 Å². The molecular formula is C19H39Cl2N3O3. The van der Waals surface area contributed by atoms with Crippen LogP contribution in [-0.2, 0) is 14.3 Å². The van der Waals surface area contributed by atoms with Crippen molar-refractivity contribution in [2.24, 2.45) is 0 Å². The molecule has 0 spiro atoms. The van der Waals surface area contributed by atoms with Crippen LogP contribution in [0.1, 0.15) is 20.3 Å². The molecule has 0 radical (unpaired) electrons. The summed E-state index contributed by atoms with van der Waals surface area (Å²) in [5, 5.41) is 2.81. The number of likely N-dealkylation sites (N-methyl/N-ethyl adjacent to an activating group) is 1. The highest BCUT2D eigenvalue weighted by atomic mass is 35.5. The second-order valence-corrected chi connectivity index (χ2v) is 8.33. The van der Waals surface area contributed by atoms with Gasteiger partial charge in [0.2, 0.25) is 5.91 Å². The third-order valence-electron chi connectivity index (χ3n) is 3.02. The summed E-state index contributed by atoms with van der Waals surface area (Å²) in [5.41, 5.74) is 1.03. The van der Waals surface area contributed by atoms with E-state index in [9.17, 15) is 9.59 Å². The maximum atomic E-state index is 11.1. The van der Waals surface area contributed by atoms with Crippen molar-refractivity contribution in [3.05, 3.63) is 24.3 Å². The Bertz CT molecular complexity index is 468. The Labute approximate surface area is 178 Å². The lowest BCUT2D eigenvalue weighted by Crippen LogP contribution is -3.00. The normalized spacial score (nSPS) is 10.2. The van der Waals surface area contributed by atoms with Crippen LogP contribution in [0.5, 0.6) is 0 Å². The van der Waals surface area contributed by atoms with E-state index in [1.165, 1.54) is 0 Å². The van der Waals surface area contributed by atoms with E-state index in [2.05, 4.69) is 60.8 Å². The van der Waals surface area contributed by atoms with Crippen LogP contribution in [0.3, 0.4) is 0 Å².